The molecule has 1 heterocycles. The van der Waals surface area contributed by atoms with Crippen LogP contribution in [0.1, 0.15) is 24.9 Å². The standard InChI is InChI=1S/C11H11F3N2O3S/c1-6-2-7(4-17)20-9(6)10(19)15-3-8(18)16-5-11(12,13)14/h2,4H,3,5H2,1H3,(H,15,19)(H,16,18). The number of alkyl halides is 3. The molecule has 9 heteroatoms. The monoisotopic (exact) mass is 308 g/mol. The highest BCUT2D eigenvalue weighted by Gasteiger charge is 2.27. The maximum Gasteiger partial charge on any atom is 0.405 e. The molecule has 1 aromatic rings. The maximum absolute atomic E-state index is 11.8. The van der Waals surface area contributed by atoms with Crippen molar-refractivity contribution in [3.8, 4) is 0 Å². The molecule has 1 rings (SSSR count). The Balaban J connectivity index is 2.48. The van der Waals surface area contributed by atoms with E-state index < -0.39 is 31.1 Å². The minimum absolute atomic E-state index is 0.246. The van der Waals surface area contributed by atoms with Crippen molar-refractivity contribution in [1.82, 2.24) is 10.6 Å². The van der Waals surface area contributed by atoms with E-state index >= 15 is 0 Å². The summed E-state index contributed by atoms with van der Waals surface area (Å²) in [6, 6.07) is 1.51. The van der Waals surface area contributed by atoms with Gasteiger partial charge in [-0.1, -0.05) is 0 Å². The molecule has 0 aromatic carbocycles. The molecule has 0 unspecified atom stereocenters. The van der Waals surface area contributed by atoms with Crippen LogP contribution >= 0.6 is 11.3 Å². The first-order valence-corrected chi connectivity index (χ1v) is 6.22. The Bertz CT molecular complexity index is 525. The van der Waals surface area contributed by atoms with Gasteiger partial charge in [-0.2, -0.15) is 13.2 Å². The Hall–Kier alpha value is -1.90. The predicted molar refractivity (Wildman–Crippen MR) is 65.8 cm³/mol. The molecular formula is C11H11F3N2O3S. The zero-order valence-electron chi connectivity index (χ0n) is 10.3. The summed E-state index contributed by atoms with van der Waals surface area (Å²) in [5.41, 5.74) is 0.560. The molecule has 2 amide bonds. The van der Waals surface area contributed by atoms with Crippen molar-refractivity contribution in [1.29, 1.82) is 0 Å². The van der Waals surface area contributed by atoms with Gasteiger partial charge >= 0.3 is 6.18 Å². The van der Waals surface area contributed by atoms with Crippen molar-refractivity contribution in [3.63, 3.8) is 0 Å². The number of nitrogens with one attached hydrogen (secondary N) is 2. The predicted octanol–water partition coefficient (Wildman–Crippen LogP) is 1.28. The SMILES string of the molecule is Cc1cc(C=O)sc1C(=O)NCC(=O)NCC(F)(F)F. The lowest BCUT2D eigenvalue weighted by Gasteiger charge is -2.08. The number of halogens is 3. The molecule has 0 spiro atoms. The lowest BCUT2D eigenvalue weighted by atomic mass is 10.2. The van der Waals surface area contributed by atoms with Gasteiger partial charge in [-0.3, -0.25) is 14.4 Å². The third-order valence-electron chi connectivity index (χ3n) is 2.15. The van der Waals surface area contributed by atoms with Gasteiger partial charge in [0.1, 0.15) is 6.54 Å². The normalized spacial score (nSPS) is 11.0. The van der Waals surface area contributed by atoms with Gasteiger partial charge in [0.05, 0.1) is 16.3 Å². The summed E-state index contributed by atoms with van der Waals surface area (Å²) >= 11 is 0.945. The lowest BCUT2D eigenvalue weighted by Crippen LogP contribution is -2.40. The van der Waals surface area contributed by atoms with Crippen molar-refractivity contribution in [2.24, 2.45) is 0 Å². The first-order valence-electron chi connectivity index (χ1n) is 5.40. The summed E-state index contributed by atoms with van der Waals surface area (Å²) in [5, 5.41) is 3.82. The first kappa shape index (κ1) is 16.2. The van der Waals surface area contributed by atoms with Crippen LogP contribution in [0.5, 0.6) is 0 Å². The number of hydrogen-bond acceptors (Lipinski definition) is 4. The average Bonchev–Trinajstić information content (AvgIpc) is 2.74. The number of amides is 2. The average molecular weight is 308 g/mol. The van der Waals surface area contributed by atoms with Crippen LogP contribution in [-0.2, 0) is 4.79 Å². The van der Waals surface area contributed by atoms with Crippen LogP contribution in [0.15, 0.2) is 6.07 Å². The molecule has 0 atom stereocenters. The highest BCUT2D eigenvalue weighted by molar-refractivity contribution is 7.15. The van der Waals surface area contributed by atoms with E-state index in [2.05, 4.69) is 5.32 Å². The minimum atomic E-state index is -4.50. The summed E-state index contributed by atoms with van der Waals surface area (Å²) < 4.78 is 35.5. The molecule has 0 saturated heterocycles. The molecule has 5 nitrogen and oxygen atoms in total. The molecule has 20 heavy (non-hydrogen) atoms. The van der Waals surface area contributed by atoms with Crippen LogP contribution in [0.2, 0.25) is 0 Å². The number of hydrogen-bond donors (Lipinski definition) is 2. The Morgan fingerprint density at radius 1 is 1.35 bits per heavy atom. The number of carbonyl (C=O) groups is 3. The Morgan fingerprint density at radius 2 is 2.00 bits per heavy atom. The summed E-state index contributed by atoms with van der Waals surface area (Å²) in [4.78, 5) is 33.9. The molecule has 0 aliphatic rings. The molecule has 0 radical (unpaired) electrons. The maximum atomic E-state index is 11.8. The van der Waals surface area contributed by atoms with Gasteiger partial charge in [0.2, 0.25) is 5.91 Å². The molecule has 0 fully saturated rings. The van der Waals surface area contributed by atoms with Crippen LogP contribution in [0.3, 0.4) is 0 Å². The minimum Gasteiger partial charge on any atom is -0.345 e. The number of rotatable bonds is 5. The van der Waals surface area contributed by atoms with Crippen LogP contribution in [-0.4, -0.2) is 37.4 Å². The molecule has 0 aliphatic carbocycles. The van der Waals surface area contributed by atoms with E-state index in [0.717, 1.165) is 11.3 Å². The molecule has 0 aliphatic heterocycles. The Kier molecular flexibility index (Phi) is 5.26. The smallest absolute Gasteiger partial charge is 0.345 e. The fourth-order valence-electron chi connectivity index (χ4n) is 1.29. The van der Waals surface area contributed by atoms with Gasteiger partial charge in [-0.05, 0) is 18.6 Å². The fraction of sp³-hybridized carbons (Fsp3) is 0.364. The van der Waals surface area contributed by atoms with Crippen molar-refractivity contribution in [2.45, 2.75) is 13.1 Å². The quantitative estimate of drug-likeness (QED) is 0.805. The van der Waals surface area contributed by atoms with Gasteiger partial charge in [-0.25, -0.2) is 0 Å². The van der Waals surface area contributed by atoms with E-state index in [1.54, 1.807) is 12.2 Å². The van der Waals surface area contributed by atoms with Crippen LogP contribution in [0.4, 0.5) is 13.2 Å². The molecule has 0 bridgehead atoms. The van der Waals surface area contributed by atoms with Gasteiger partial charge < -0.3 is 10.6 Å². The number of aldehydes is 1. The van der Waals surface area contributed by atoms with E-state index in [1.807, 2.05) is 0 Å². The molecule has 110 valence electrons. The number of thiophene rings is 1. The van der Waals surface area contributed by atoms with Crippen molar-refractivity contribution < 1.29 is 27.6 Å². The first-order chi connectivity index (χ1) is 9.23. The third-order valence-corrected chi connectivity index (χ3v) is 3.32. The highest BCUT2D eigenvalue weighted by atomic mass is 32.1. The highest BCUT2D eigenvalue weighted by Crippen LogP contribution is 2.20. The summed E-state index contributed by atoms with van der Waals surface area (Å²) in [6.07, 6.45) is -3.91. The fourth-order valence-corrected chi connectivity index (χ4v) is 2.20. The molecule has 2 N–H and O–H groups in total. The van der Waals surface area contributed by atoms with E-state index in [0.29, 0.717) is 16.7 Å². The van der Waals surface area contributed by atoms with Gasteiger partial charge in [-0.15, -0.1) is 11.3 Å². The van der Waals surface area contributed by atoms with Gasteiger partial charge in [0.15, 0.2) is 6.29 Å². The number of carbonyl (C=O) groups excluding carboxylic acids is 3. The second kappa shape index (κ2) is 6.51. The van der Waals surface area contributed by atoms with Gasteiger partial charge in [0.25, 0.3) is 5.91 Å². The zero-order valence-corrected chi connectivity index (χ0v) is 11.2. The summed E-state index contributed by atoms with van der Waals surface area (Å²) in [6.45, 7) is -0.403. The van der Waals surface area contributed by atoms with Crippen molar-refractivity contribution in [3.05, 3.63) is 21.4 Å². The van der Waals surface area contributed by atoms with Crippen LogP contribution in [0, 0.1) is 6.92 Å². The second-order valence-electron chi connectivity index (χ2n) is 3.85. The Labute approximate surface area is 116 Å². The van der Waals surface area contributed by atoms with Crippen LogP contribution in [0.25, 0.3) is 0 Å². The van der Waals surface area contributed by atoms with Crippen molar-refractivity contribution in [2.75, 3.05) is 13.1 Å². The van der Waals surface area contributed by atoms with E-state index in [-0.39, 0.29) is 4.88 Å². The zero-order chi connectivity index (χ0) is 15.3. The van der Waals surface area contributed by atoms with Crippen molar-refractivity contribution >= 4 is 29.4 Å². The van der Waals surface area contributed by atoms with E-state index in [4.69, 9.17) is 0 Å². The van der Waals surface area contributed by atoms with E-state index in [9.17, 15) is 27.6 Å². The largest absolute Gasteiger partial charge is 0.405 e. The lowest BCUT2D eigenvalue weighted by molar-refractivity contribution is -0.137. The van der Waals surface area contributed by atoms with Crippen LogP contribution < -0.4 is 10.6 Å². The molecular weight excluding hydrogens is 297 g/mol. The third kappa shape index (κ3) is 5.00. The molecule has 1 aromatic heterocycles. The molecule has 0 saturated carbocycles. The summed E-state index contributed by atoms with van der Waals surface area (Å²) in [5.74, 6) is -1.55. The number of aryl methyl sites for hydroxylation is 1. The van der Waals surface area contributed by atoms with E-state index in [1.165, 1.54) is 6.07 Å². The topological polar surface area (TPSA) is 75.3 Å². The van der Waals surface area contributed by atoms with Gasteiger partial charge in [0, 0.05) is 0 Å². The Morgan fingerprint density at radius 3 is 2.50 bits per heavy atom. The summed E-state index contributed by atoms with van der Waals surface area (Å²) in [7, 11) is 0. The second-order valence-corrected chi connectivity index (χ2v) is 4.94.